The Morgan fingerprint density at radius 1 is 0.602 bits per heavy atom. The fraction of sp³-hybridized carbons (Fsp3) is 0.500. The molecule has 0 radical (unpaired) electrons. The van der Waals surface area contributed by atoms with E-state index in [0.717, 1.165) is 96.9 Å². The van der Waals surface area contributed by atoms with E-state index in [1.165, 1.54) is 50.4 Å². The predicted molar refractivity (Wildman–Crippen MR) is 352 cm³/mol. The molecular weight excluding hydrogens is 1310 g/mol. The van der Waals surface area contributed by atoms with E-state index in [1.54, 1.807) is 27.8 Å². The lowest BCUT2D eigenvalue weighted by atomic mass is 9.87. The van der Waals surface area contributed by atoms with Gasteiger partial charge in [0.05, 0.1) is 64.3 Å². The summed E-state index contributed by atoms with van der Waals surface area (Å²) in [6.45, 7) is 8.17. The van der Waals surface area contributed by atoms with Crippen LogP contribution in [0.5, 0.6) is 0 Å². The van der Waals surface area contributed by atoms with Crippen LogP contribution in [0.15, 0.2) is 83.9 Å². The Morgan fingerprint density at radius 2 is 1.02 bits per heavy atom. The van der Waals surface area contributed by atoms with Gasteiger partial charge in [0.1, 0.15) is 11.4 Å². The van der Waals surface area contributed by atoms with Gasteiger partial charge in [0.15, 0.2) is 0 Å². The summed E-state index contributed by atoms with van der Waals surface area (Å²) in [6.07, 6.45) is 23.8. The average molecular weight is 1380 g/mol. The minimum absolute atomic E-state index is 0. The molecule has 6 aliphatic carbocycles. The highest BCUT2D eigenvalue weighted by Gasteiger charge is 2.49. The summed E-state index contributed by atoms with van der Waals surface area (Å²) in [4.78, 5) is 24.8. The number of nitrogens with one attached hydrogen (secondary N) is 4. The summed E-state index contributed by atoms with van der Waals surface area (Å²) >= 11 is 27.8. The number of ketones is 1. The van der Waals surface area contributed by atoms with Gasteiger partial charge in [0.25, 0.3) is 0 Å². The van der Waals surface area contributed by atoms with Crippen molar-refractivity contribution in [2.24, 2.45) is 47.3 Å². The van der Waals surface area contributed by atoms with Crippen molar-refractivity contribution in [2.75, 3.05) is 32.4 Å². The van der Waals surface area contributed by atoms with Crippen molar-refractivity contribution >= 4 is 146 Å². The first-order valence-electron chi connectivity index (χ1n) is 30.1. The number of H-pyrrole nitrogens is 4. The molecule has 17 nitrogen and oxygen atoms in total. The molecule has 6 heterocycles. The van der Waals surface area contributed by atoms with E-state index in [0.29, 0.717) is 112 Å². The van der Waals surface area contributed by atoms with Crippen molar-refractivity contribution in [3.8, 4) is 0 Å². The number of ether oxygens (including phenoxy) is 1. The van der Waals surface area contributed by atoms with E-state index in [2.05, 4.69) is 62.8 Å². The molecule has 10 atom stereocenters. The molecule has 470 valence electrons. The zero-order chi connectivity index (χ0) is 61.3. The molecular formula is C64H74BrCl5N10O7S. The molecule has 4 aromatic heterocycles. The fourth-order valence-corrected chi connectivity index (χ4v) is 18.1. The minimum atomic E-state index is -3.09. The summed E-state index contributed by atoms with van der Waals surface area (Å²) in [5.74, 6) is 4.50. The number of carbonyl (C=O) groups excluding carboxylic acids is 2. The summed E-state index contributed by atoms with van der Waals surface area (Å²) < 4.78 is 31.2. The van der Waals surface area contributed by atoms with Crippen molar-refractivity contribution in [1.29, 1.82) is 0 Å². The Labute approximate surface area is 546 Å². The number of Topliss-reactive ketones (excluding diaryl/α,β-unsaturated/α-hetero) is 1. The molecule has 88 heavy (non-hydrogen) atoms. The molecule has 1 amide bonds. The summed E-state index contributed by atoms with van der Waals surface area (Å²) in [5, 5.41) is 56.9. The second-order valence-electron chi connectivity index (χ2n) is 26.6. The number of amides is 1. The van der Waals surface area contributed by atoms with Crippen LogP contribution in [0, 0.1) is 47.3 Å². The number of allylic oxidation sites excluding steroid dienone is 1. The number of hydrogen-bond donors (Lipinski definition) is 6. The number of rotatable bonds is 4. The summed E-state index contributed by atoms with van der Waals surface area (Å²) in [5.41, 5.74) is 6.09. The lowest BCUT2D eigenvalue weighted by molar-refractivity contribution is -0.118. The topological polar surface area (TPSA) is 239 Å². The number of aromatic amines is 4. The fourth-order valence-electron chi connectivity index (χ4n) is 15.6. The molecule has 2 unspecified atom stereocenters. The van der Waals surface area contributed by atoms with E-state index in [9.17, 15) is 28.2 Å². The first kappa shape index (κ1) is 64.7. The van der Waals surface area contributed by atoms with Crippen molar-refractivity contribution in [2.45, 2.75) is 121 Å². The smallest absolute Gasteiger partial charge is 0.410 e. The van der Waals surface area contributed by atoms with Crippen molar-refractivity contribution in [3.05, 3.63) is 121 Å². The van der Waals surface area contributed by atoms with Crippen molar-refractivity contribution in [3.63, 3.8) is 0 Å². The van der Waals surface area contributed by atoms with Gasteiger partial charge in [-0.25, -0.2) is 17.5 Å². The predicted octanol–water partition coefficient (Wildman–Crippen LogP) is 15.0. The third-order valence-corrected chi connectivity index (χ3v) is 22.2. The van der Waals surface area contributed by atoms with Crippen molar-refractivity contribution in [1.82, 2.24) is 50.0 Å². The minimum Gasteiger partial charge on any atom is -0.444 e. The third kappa shape index (κ3) is 13.8. The highest BCUT2D eigenvalue weighted by atomic mass is 79.9. The lowest BCUT2D eigenvalue weighted by Crippen LogP contribution is -2.36. The van der Waals surface area contributed by atoms with Gasteiger partial charge in [-0.05, 0) is 187 Å². The number of benzene rings is 4. The molecule has 0 spiro atoms. The van der Waals surface area contributed by atoms with Gasteiger partial charge < -0.3 is 19.8 Å². The quantitative estimate of drug-likeness (QED) is 0.0968. The first-order valence-corrected chi connectivity index (χ1v) is 34.3. The molecule has 7 fully saturated rings. The van der Waals surface area contributed by atoms with Gasteiger partial charge in [-0.3, -0.25) is 25.2 Å². The normalized spacial score (nSPS) is 27.8. The standard InChI is InChI=1S/C15H16ClN3O2S.2C15H17ClN2O.C12H19NO3.C7H4BrClN2.ClH/c1-22(20,21)19-7-10-2-9(3-11(10)8-19)13-4-12(16)5-15-14(13)6-17-18-15;2*16-11-4-13(12-8-17-18-14(12)5-11)15(19)6-9-2-1-3-10(9)7-15;1-12(2,3)16-11(15)13-6-8-4-10(14)5-9(8)7-13;8-6-1-4(9)2-7-5(6)3-10-11-7;/h2,4-6,10-11H,3,7-8H2,1H3,(H,17,18);2*4-5,8-10,19H,1-3,6-7H2,(H,17,18);8-9H,4-7H2,1-3H3;1-3H,(H,10,11);1H/t10-,11+;2*9-,10+,15?;8-,9+;;/m1...../s1. The van der Waals surface area contributed by atoms with Gasteiger partial charge in [-0.2, -0.15) is 20.4 Å². The number of hydrogen-bond acceptors (Lipinski definition) is 11. The zero-order valence-corrected chi connectivity index (χ0v) is 55.7. The molecule has 5 saturated carbocycles. The maximum absolute atomic E-state index is 11.8. The summed E-state index contributed by atoms with van der Waals surface area (Å²) in [6, 6.07) is 15.1. The van der Waals surface area contributed by atoms with Gasteiger partial charge in [-0.15, -0.1) is 12.4 Å². The van der Waals surface area contributed by atoms with Crippen LogP contribution in [-0.4, -0.2) is 119 Å². The van der Waals surface area contributed by atoms with Crippen LogP contribution in [0.1, 0.15) is 121 Å². The second-order valence-corrected chi connectivity index (χ2v) is 31.2. The van der Waals surface area contributed by atoms with E-state index < -0.39 is 26.8 Å². The van der Waals surface area contributed by atoms with Crippen LogP contribution in [0.25, 0.3) is 49.2 Å². The average Bonchev–Trinajstić information content (AvgIpc) is 1.68. The van der Waals surface area contributed by atoms with Gasteiger partial charge >= 0.3 is 6.09 Å². The monoisotopic (exact) mass is 1380 g/mol. The lowest BCUT2D eigenvalue weighted by Gasteiger charge is -2.25. The van der Waals surface area contributed by atoms with Crippen LogP contribution >= 0.6 is 74.7 Å². The van der Waals surface area contributed by atoms with Gasteiger partial charge in [0, 0.05) is 85.1 Å². The van der Waals surface area contributed by atoms with E-state index in [-0.39, 0.29) is 18.5 Å². The van der Waals surface area contributed by atoms with Crippen LogP contribution < -0.4 is 0 Å². The Hall–Kier alpha value is -4.80. The number of carbonyl (C=O) groups is 2. The maximum atomic E-state index is 11.8. The SMILES string of the molecule is CC(C)(C)OC(=O)N1C[C@H]2CC(=O)C[C@H]2C1.CS(=O)(=O)N1C[C@@H]2CC(c3cc(Cl)cc4[nH]ncc34)=C[C@@H]2C1.Cl.Clc1cc(Br)c2cn[nH]c2c1.OC1(c2cc(Cl)cc3[nH]ncc23)C[C@H]2CCC[C@H]2C1.OC1(c2cc(Cl)cc3[nH]ncc23)C[C@H]2CCC[C@H]2C1. The Balaban J connectivity index is 0.000000115. The Morgan fingerprint density at radius 3 is 1.48 bits per heavy atom. The van der Waals surface area contributed by atoms with Gasteiger partial charge in [-0.1, -0.05) is 91.0 Å². The number of aromatic nitrogens is 8. The van der Waals surface area contributed by atoms with Gasteiger partial charge in [0.2, 0.25) is 10.0 Å². The third-order valence-electron chi connectivity index (χ3n) is 19.5. The number of nitrogens with zero attached hydrogens (tertiary/aromatic N) is 6. The number of aliphatic hydroxyl groups is 2. The highest BCUT2D eigenvalue weighted by molar-refractivity contribution is 9.10. The number of sulfonamides is 1. The molecule has 6 N–H and O–H groups in total. The molecule has 8 aromatic rings. The van der Waals surface area contributed by atoms with Crippen molar-refractivity contribution < 1.29 is 33.0 Å². The van der Waals surface area contributed by atoms with E-state index in [4.69, 9.17) is 51.1 Å². The molecule has 2 aliphatic heterocycles. The molecule has 8 aliphatic rings. The molecule has 0 bridgehead atoms. The Kier molecular flexibility index (Phi) is 18.9. The van der Waals surface area contributed by atoms with Crippen LogP contribution in [0.4, 0.5) is 4.79 Å². The Bertz CT molecular complexity index is 3900. The maximum Gasteiger partial charge on any atom is 0.410 e. The van der Waals surface area contributed by atoms with E-state index in [1.807, 2.05) is 75.5 Å². The summed E-state index contributed by atoms with van der Waals surface area (Å²) in [7, 11) is -3.09. The van der Waals surface area contributed by atoms with Crippen LogP contribution in [0.2, 0.25) is 20.1 Å². The first-order chi connectivity index (χ1) is 41.3. The highest BCUT2D eigenvalue weighted by Crippen LogP contribution is 2.55. The number of fused-ring (bicyclic) bond motifs is 8. The molecule has 16 rings (SSSR count). The number of halogens is 6. The molecule has 2 saturated heterocycles. The largest absolute Gasteiger partial charge is 0.444 e. The molecule has 4 aromatic carbocycles. The number of likely N-dealkylation sites (tertiary alicyclic amines) is 1. The van der Waals surface area contributed by atoms with Crippen LogP contribution in [-0.2, 0) is 30.8 Å². The second kappa shape index (κ2) is 25.7. The van der Waals surface area contributed by atoms with Crippen LogP contribution in [0.3, 0.4) is 0 Å². The zero-order valence-electron chi connectivity index (χ0n) is 49.5. The molecule has 24 heteroatoms. The van der Waals surface area contributed by atoms with E-state index >= 15 is 0 Å².